The van der Waals surface area contributed by atoms with E-state index in [-0.39, 0.29) is 36.4 Å². The Morgan fingerprint density at radius 3 is 2.22 bits per heavy atom. The van der Waals surface area contributed by atoms with Gasteiger partial charge in [-0.15, -0.1) is 0 Å². The lowest BCUT2D eigenvalue weighted by atomic mass is 9.82. The number of esters is 1. The van der Waals surface area contributed by atoms with Gasteiger partial charge in [0.2, 0.25) is 5.91 Å². The number of ether oxygens (including phenoxy) is 1. The summed E-state index contributed by atoms with van der Waals surface area (Å²) >= 11 is 0. The third-order valence-electron chi connectivity index (χ3n) is 5.80. The zero-order valence-corrected chi connectivity index (χ0v) is 17.4. The molecule has 2 saturated carbocycles. The molecule has 2 atom stereocenters. The Bertz CT molecular complexity index is 547. The molecule has 0 saturated heterocycles. The van der Waals surface area contributed by atoms with E-state index in [0.717, 1.165) is 32.1 Å². The molecule has 2 aliphatic carbocycles. The van der Waals surface area contributed by atoms with Crippen molar-refractivity contribution >= 4 is 17.8 Å². The Morgan fingerprint density at radius 2 is 1.63 bits per heavy atom. The summed E-state index contributed by atoms with van der Waals surface area (Å²) in [6.45, 7) is 7.64. The predicted molar refractivity (Wildman–Crippen MR) is 104 cm³/mol. The first-order valence-electron chi connectivity index (χ1n) is 10.4. The first-order chi connectivity index (χ1) is 12.6. The van der Waals surface area contributed by atoms with Gasteiger partial charge in [0, 0.05) is 18.0 Å². The van der Waals surface area contributed by atoms with Crippen molar-refractivity contribution in [2.24, 2.45) is 11.3 Å². The van der Waals surface area contributed by atoms with Gasteiger partial charge in [0.15, 0.2) is 6.61 Å². The fraction of sp³-hybridized carbons (Fsp3) is 0.857. The number of nitrogens with one attached hydrogen (secondary N) is 2. The number of amides is 2. The molecule has 0 radical (unpaired) electrons. The van der Waals surface area contributed by atoms with Crippen LogP contribution in [-0.2, 0) is 19.1 Å². The van der Waals surface area contributed by atoms with Crippen molar-refractivity contribution in [1.82, 2.24) is 10.6 Å². The Labute approximate surface area is 163 Å². The van der Waals surface area contributed by atoms with Gasteiger partial charge in [-0.1, -0.05) is 32.6 Å². The topological polar surface area (TPSA) is 84.5 Å². The van der Waals surface area contributed by atoms with E-state index in [4.69, 9.17) is 4.74 Å². The van der Waals surface area contributed by atoms with E-state index in [0.29, 0.717) is 18.8 Å². The van der Waals surface area contributed by atoms with Crippen LogP contribution >= 0.6 is 0 Å². The van der Waals surface area contributed by atoms with Crippen molar-refractivity contribution in [2.45, 2.75) is 97.1 Å². The van der Waals surface area contributed by atoms with Gasteiger partial charge in [-0.05, 0) is 52.4 Å². The molecular weight excluding hydrogens is 344 g/mol. The van der Waals surface area contributed by atoms with E-state index in [9.17, 15) is 14.4 Å². The summed E-state index contributed by atoms with van der Waals surface area (Å²) in [5.41, 5.74) is -1.12. The summed E-state index contributed by atoms with van der Waals surface area (Å²) in [7, 11) is 0. The van der Waals surface area contributed by atoms with Crippen LogP contribution in [0.1, 0.15) is 85.5 Å². The molecule has 0 aromatic rings. The Hall–Kier alpha value is -1.59. The maximum absolute atomic E-state index is 12.7. The molecule has 0 aliphatic heterocycles. The smallest absolute Gasteiger partial charge is 0.313 e. The Balaban J connectivity index is 1.87. The zero-order chi connectivity index (χ0) is 20.1. The molecule has 2 aliphatic rings. The van der Waals surface area contributed by atoms with Gasteiger partial charge < -0.3 is 15.4 Å². The largest absolute Gasteiger partial charge is 0.455 e. The number of hydrogen-bond donors (Lipinski definition) is 2. The van der Waals surface area contributed by atoms with Gasteiger partial charge in [-0.25, -0.2) is 0 Å². The van der Waals surface area contributed by atoms with Gasteiger partial charge in [-0.2, -0.15) is 0 Å². The van der Waals surface area contributed by atoms with Crippen LogP contribution in [-0.4, -0.2) is 36.0 Å². The average Bonchev–Trinajstić information content (AvgIpc) is 3.02. The summed E-state index contributed by atoms with van der Waals surface area (Å²) in [5, 5.41) is 5.93. The molecule has 154 valence electrons. The number of carbonyl (C=O) groups excluding carboxylic acids is 3. The lowest BCUT2D eigenvalue weighted by Crippen LogP contribution is -2.45. The molecule has 2 fully saturated rings. The molecule has 6 nitrogen and oxygen atoms in total. The van der Waals surface area contributed by atoms with Gasteiger partial charge in [0.05, 0.1) is 5.41 Å². The highest BCUT2D eigenvalue weighted by Gasteiger charge is 2.44. The normalized spacial score (nSPS) is 24.9. The maximum Gasteiger partial charge on any atom is 0.313 e. The summed E-state index contributed by atoms with van der Waals surface area (Å²) < 4.78 is 5.37. The van der Waals surface area contributed by atoms with Gasteiger partial charge in [0.1, 0.15) is 0 Å². The fourth-order valence-electron chi connectivity index (χ4n) is 4.34. The molecule has 2 amide bonds. The van der Waals surface area contributed by atoms with Crippen LogP contribution in [0.15, 0.2) is 0 Å². The van der Waals surface area contributed by atoms with Gasteiger partial charge >= 0.3 is 5.97 Å². The first kappa shape index (κ1) is 21.7. The second-order valence-electron chi connectivity index (χ2n) is 9.47. The van der Waals surface area contributed by atoms with E-state index in [1.54, 1.807) is 0 Å². The van der Waals surface area contributed by atoms with E-state index in [2.05, 4.69) is 17.6 Å². The fourth-order valence-corrected chi connectivity index (χ4v) is 4.34. The van der Waals surface area contributed by atoms with Crippen LogP contribution < -0.4 is 10.6 Å². The van der Waals surface area contributed by atoms with E-state index < -0.39 is 11.4 Å². The molecular formula is C21H36N2O4. The Kier molecular flexibility index (Phi) is 7.29. The lowest BCUT2D eigenvalue weighted by molar-refractivity contribution is -0.161. The van der Waals surface area contributed by atoms with Gasteiger partial charge in [-0.3, -0.25) is 14.4 Å². The number of rotatable bonds is 6. The quantitative estimate of drug-likeness (QED) is 0.694. The van der Waals surface area contributed by atoms with Crippen molar-refractivity contribution in [2.75, 3.05) is 6.61 Å². The minimum atomic E-state index is -0.784. The molecule has 0 spiro atoms. The van der Waals surface area contributed by atoms with Crippen molar-refractivity contribution < 1.29 is 19.1 Å². The monoisotopic (exact) mass is 380 g/mol. The zero-order valence-electron chi connectivity index (χ0n) is 17.4. The molecule has 2 N–H and O–H groups in total. The predicted octanol–water partition coefficient (Wildman–Crippen LogP) is 3.09. The van der Waals surface area contributed by atoms with Gasteiger partial charge in [0.25, 0.3) is 5.91 Å². The average molecular weight is 381 g/mol. The summed E-state index contributed by atoms with van der Waals surface area (Å²) in [6, 6.07) is 0.169. The third kappa shape index (κ3) is 6.51. The van der Waals surface area contributed by atoms with Crippen LogP contribution in [0.2, 0.25) is 0 Å². The molecule has 2 unspecified atom stereocenters. The van der Waals surface area contributed by atoms with Crippen LogP contribution in [0.3, 0.4) is 0 Å². The maximum atomic E-state index is 12.7. The molecule has 2 rings (SSSR count). The summed E-state index contributed by atoms with van der Waals surface area (Å²) in [5.74, 6) is -0.326. The van der Waals surface area contributed by atoms with Crippen LogP contribution in [0.5, 0.6) is 0 Å². The van der Waals surface area contributed by atoms with Crippen LogP contribution in [0.25, 0.3) is 0 Å². The molecule has 0 heterocycles. The van der Waals surface area contributed by atoms with Crippen molar-refractivity contribution in [3.8, 4) is 0 Å². The molecule has 27 heavy (non-hydrogen) atoms. The third-order valence-corrected chi connectivity index (χ3v) is 5.80. The minimum Gasteiger partial charge on any atom is -0.455 e. The van der Waals surface area contributed by atoms with Crippen LogP contribution in [0.4, 0.5) is 0 Å². The summed E-state index contributed by atoms with van der Waals surface area (Å²) in [4.78, 5) is 37.3. The van der Waals surface area contributed by atoms with Crippen LogP contribution in [0, 0.1) is 11.3 Å². The highest BCUT2D eigenvalue weighted by Crippen LogP contribution is 2.42. The standard InChI is InChI=1S/C21H36N2O4/c1-15-9-5-6-10-16(15)22-18(25)14-27-19(26)21(11-7-8-12-21)13-17(24)23-20(2,3)4/h15-16H,5-14H2,1-4H3,(H,22,25)(H,23,24). The molecule has 6 heteroatoms. The Morgan fingerprint density at radius 1 is 1.00 bits per heavy atom. The van der Waals surface area contributed by atoms with E-state index >= 15 is 0 Å². The second-order valence-corrected chi connectivity index (χ2v) is 9.47. The van der Waals surface area contributed by atoms with Crippen molar-refractivity contribution in [3.05, 3.63) is 0 Å². The van der Waals surface area contributed by atoms with Crippen molar-refractivity contribution in [3.63, 3.8) is 0 Å². The number of carbonyl (C=O) groups is 3. The first-order valence-corrected chi connectivity index (χ1v) is 10.4. The van der Waals surface area contributed by atoms with Crippen molar-refractivity contribution in [1.29, 1.82) is 0 Å². The highest BCUT2D eigenvalue weighted by molar-refractivity contribution is 5.88. The molecule has 0 aromatic carbocycles. The minimum absolute atomic E-state index is 0.129. The second kappa shape index (κ2) is 9.07. The summed E-state index contributed by atoms with van der Waals surface area (Å²) in [6.07, 6.45) is 7.67. The highest BCUT2D eigenvalue weighted by atomic mass is 16.5. The van der Waals surface area contributed by atoms with E-state index in [1.807, 2.05) is 20.8 Å². The lowest BCUT2D eigenvalue weighted by Gasteiger charge is -2.30. The molecule has 0 bridgehead atoms. The molecule has 0 aromatic heterocycles. The SMILES string of the molecule is CC1CCCCC1NC(=O)COC(=O)C1(CC(=O)NC(C)(C)C)CCCC1. The van der Waals surface area contributed by atoms with E-state index in [1.165, 1.54) is 6.42 Å². The number of hydrogen-bond acceptors (Lipinski definition) is 4.